The van der Waals surface area contributed by atoms with Gasteiger partial charge in [0.25, 0.3) is 0 Å². The zero-order chi connectivity index (χ0) is 16.6. The molecule has 0 unspecified atom stereocenters. The van der Waals surface area contributed by atoms with Gasteiger partial charge in [0.1, 0.15) is 5.82 Å². The van der Waals surface area contributed by atoms with Crippen LogP contribution in [0.5, 0.6) is 0 Å². The van der Waals surface area contributed by atoms with E-state index in [0.717, 1.165) is 6.20 Å². The van der Waals surface area contributed by atoms with Gasteiger partial charge in [-0.05, 0) is 12.8 Å². The summed E-state index contributed by atoms with van der Waals surface area (Å²) in [6, 6.07) is 1.19. The third-order valence-electron chi connectivity index (χ3n) is 4.05. The molecule has 0 bridgehead atoms. The van der Waals surface area contributed by atoms with E-state index in [9.17, 15) is 18.0 Å². The van der Waals surface area contributed by atoms with E-state index < -0.39 is 17.7 Å². The molecule has 8 heteroatoms. The van der Waals surface area contributed by atoms with Crippen molar-refractivity contribution in [3.8, 4) is 5.69 Å². The third-order valence-corrected chi connectivity index (χ3v) is 4.05. The van der Waals surface area contributed by atoms with E-state index >= 15 is 0 Å². The fourth-order valence-electron chi connectivity index (χ4n) is 2.75. The van der Waals surface area contributed by atoms with E-state index in [1.807, 2.05) is 0 Å². The first-order valence-corrected chi connectivity index (χ1v) is 7.17. The van der Waals surface area contributed by atoms with Crippen LogP contribution in [0.1, 0.15) is 47.7 Å². The Bertz CT molecular complexity index is 735. The van der Waals surface area contributed by atoms with Gasteiger partial charge in [-0.15, -0.1) is 0 Å². The lowest BCUT2D eigenvalue weighted by Gasteiger charge is -2.28. The Balaban J connectivity index is 1.82. The van der Waals surface area contributed by atoms with Crippen LogP contribution < -0.4 is 0 Å². The van der Waals surface area contributed by atoms with Crippen molar-refractivity contribution in [1.82, 2.24) is 14.8 Å². The number of nitrogens with zero attached hydrogens (tertiary/aromatic N) is 3. The van der Waals surface area contributed by atoms with Crippen LogP contribution in [0.2, 0.25) is 0 Å². The van der Waals surface area contributed by atoms with Crippen molar-refractivity contribution in [3.63, 3.8) is 0 Å². The number of pyridine rings is 1. The van der Waals surface area contributed by atoms with Crippen LogP contribution in [-0.2, 0) is 0 Å². The van der Waals surface area contributed by atoms with Crippen LogP contribution in [-0.4, -0.2) is 31.8 Å². The molecule has 0 saturated heterocycles. The predicted molar refractivity (Wildman–Crippen MR) is 74.4 cm³/mol. The van der Waals surface area contributed by atoms with Crippen molar-refractivity contribution < 1.29 is 23.1 Å². The lowest BCUT2D eigenvalue weighted by Crippen LogP contribution is -2.24. The number of carboxylic acid groups (broad SMARTS) is 1. The smallest absolute Gasteiger partial charge is 0.338 e. The first kappa shape index (κ1) is 15.5. The highest BCUT2D eigenvalue weighted by Gasteiger charge is 2.36. The Labute approximate surface area is 129 Å². The van der Waals surface area contributed by atoms with Crippen LogP contribution in [0.25, 0.3) is 5.69 Å². The largest absolute Gasteiger partial charge is 0.478 e. The molecule has 2 aromatic heterocycles. The number of hydrogen-bond donors (Lipinski definition) is 1. The normalized spacial score (nSPS) is 18.0. The molecule has 1 N–H and O–H groups in total. The van der Waals surface area contributed by atoms with Gasteiger partial charge in [0.15, 0.2) is 0 Å². The van der Waals surface area contributed by atoms with Crippen LogP contribution in [0.3, 0.4) is 0 Å². The molecule has 122 valence electrons. The molecule has 2 aromatic rings. The van der Waals surface area contributed by atoms with Gasteiger partial charge in [0.05, 0.1) is 29.3 Å². The van der Waals surface area contributed by atoms with Crippen molar-refractivity contribution >= 4 is 5.97 Å². The van der Waals surface area contributed by atoms with E-state index in [4.69, 9.17) is 5.11 Å². The molecule has 1 aliphatic rings. The lowest BCUT2D eigenvalue weighted by atomic mass is 9.84. The van der Waals surface area contributed by atoms with Gasteiger partial charge in [0, 0.05) is 31.0 Å². The number of rotatable bonds is 3. The number of aromatic carboxylic acids is 1. The topological polar surface area (TPSA) is 68.0 Å². The molecule has 23 heavy (non-hydrogen) atoms. The van der Waals surface area contributed by atoms with Crippen molar-refractivity contribution in [2.45, 2.75) is 37.5 Å². The summed E-state index contributed by atoms with van der Waals surface area (Å²) in [7, 11) is 0. The predicted octanol–water partition coefficient (Wildman–Crippen LogP) is 3.40. The molecule has 0 aromatic carbocycles. The summed E-state index contributed by atoms with van der Waals surface area (Å²) in [4.78, 5) is 14.9. The fraction of sp³-hybridized carbons (Fsp3) is 0.400. The SMILES string of the molecule is O=C(O)c1cnn(-c2cnc(C3CCC(F)(F)CC3)c(F)c2)c1. The quantitative estimate of drug-likeness (QED) is 0.939. The fourth-order valence-corrected chi connectivity index (χ4v) is 2.75. The Morgan fingerprint density at radius 2 is 2.00 bits per heavy atom. The van der Waals surface area contributed by atoms with Crippen molar-refractivity contribution in [2.24, 2.45) is 0 Å². The molecule has 1 fully saturated rings. The first-order valence-electron chi connectivity index (χ1n) is 7.17. The van der Waals surface area contributed by atoms with Gasteiger partial charge in [-0.1, -0.05) is 0 Å². The maximum absolute atomic E-state index is 14.3. The highest BCUT2D eigenvalue weighted by atomic mass is 19.3. The molecule has 0 aliphatic heterocycles. The maximum atomic E-state index is 14.3. The second kappa shape index (κ2) is 5.68. The number of hydrogen-bond acceptors (Lipinski definition) is 3. The Morgan fingerprint density at radius 1 is 1.30 bits per heavy atom. The van der Waals surface area contributed by atoms with E-state index in [1.54, 1.807) is 0 Å². The Kier molecular flexibility index (Phi) is 3.83. The summed E-state index contributed by atoms with van der Waals surface area (Å²) in [6.07, 6.45) is 3.63. The molecule has 2 heterocycles. The number of alkyl halides is 2. The van der Waals surface area contributed by atoms with E-state index in [0.29, 0.717) is 0 Å². The Morgan fingerprint density at radius 3 is 2.57 bits per heavy atom. The zero-order valence-corrected chi connectivity index (χ0v) is 12.0. The molecular formula is C15H14F3N3O2. The van der Waals surface area contributed by atoms with E-state index in [-0.39, 0.29) is 48.5 Å². The molecule has 0 spiro atoms. The summed E-state index contributed by atoms with van der Waals surface area (Å²) in [5.41, 5.74) is 0.429. The molecule has 0 atom stereocenters. The van der Waals surface area contributed by atoms with Crippen LogP contribution in [0.15, 0.2) is 24.7 Å². The standard InChI is InChI=1S/C15H14F3N3O2/c16-12-5-11(21-8-10(6-20-21)14(22)23)7-19-13(12)9-1-3-15(17,18)4-2-9/h5-9H,1-4H2,(H,22,23). The Hall–Kier alpha value is -2.38. The minimum absolute atomic E-state index is 0.0241. The number of halogens is 3. The van der Waals surface area contributed by atoms with Crippen LogP contribution in [0.4, 0.5) is 13.2 Å². The van der Waals surface area contributed by atoms with E-state index in [2.05, 4.69) is 10.1 Å². The van der Waals surface area contributed by atoms with Gasteiger partial charge < -0.3 is 5.11 Å². The summed E-state index contributed by atoms with van der Waals surface area (Å²) in [5.74, 6) is -4.72. The summed E-state index contributed by atoms with van der Waals surface area (Å²) in [6.45, 7) is 0. The highest BCUT2D eigenvalue weighted by Crippen LogP contribution is 2.40. The van der Waals surface area contributed by atoms with Gasteiger partial charge in [-0.3, -0.25) is 4.98 Å². The molecular weight excluding hydrogens is 311 g/mol. The minimum Gasteiger partial charge on any atom is -0.478 e. The number of carbonyl (C=O) groups is 1. The molecule has 0 amide bonds. The maximum Gasteiger partial charge on any atom is 0.338 e. The van der Waals surface area contributed by atoms with Gasteiger partial charge in [-0.25, -0.2) is 22.6 Å². The zero-order valence-electron chi connectivity index (χ0n) is 12.0. The molecule has 1 aliphatic carbocycles. The summed E-state index contributed by atoms with van der Waals surface area (Å²) >= 11 is 0. The third kappa shape index (κ3) is 3.20. The summed E-state index contributed by atoms with van der Waals surface area (Å²) in [5, 5.41) is 12.7. The molecule has 0 radical (unpaired) electrons. The van der Waals surface area contributed by atoms with Gasteiger partial charge in [0.2, 0.25) is 5.92 Å². The second-order valence-electron chi connectivity index (χ2n) is 5.67. The second-order valence-corrected chi connectivity index (χ2v) is 5.67. The summed E-state index contributed by atoms with van der Waals surface area (Å²) < 4.78 is 41.8. The minimum atomic E-state index is -2.67. The van der Waals surface area contributed by atoms with Gasteiger partial charge >= 0.3 is 5.97 Å². The van der Waals surface area contributed by atoms with Crippen LogP contribution >= 0.6 is 0 Å². The van der Waals surface area contributed by atoms with E-state index in [1.165, 1.54) is 23.1 Å². The lowest BCUT2D eigenvalue weighted by molar-refractivity contribution is -0.0387. The first-order chi connectivity index (χ1) is 10.9. The van der Waals surface area contributed by atoms with Crippen molar-refractivity contribution in [2.75, 3.05) is 0 Å². The van der Waals surface area contributed by atoms with Crippen LogP contribution in [0, 0.1) is 5.82 Å². The van der Waals surface area contributed by atoms with Gasteiger partial charge in [-0.2, -0.15) is 5.10 Å². The number of aromatic nitrogens is 3. The van der Waals surface area contributed by atoms with Crippen molar-refractivity contribution in [3.05, 3.63) is 41.7 Å². The monoisotopic (exact) mass is 325 g/mol. The molecule has 5 nitrogen and oxygen atoms in total. The van der Waals surface area contributed by atoms with Crippen molar-refractivity contribution in [1.29, 1.82) is 0 Å². The average molecular weight is 325 g/mol. The molecule has 1 saturated carbocycles. The highest BCUT2D eigenvalue weighted by molar-refractivity contribution is 5.86. The number of carboxylic acids is 1. The average Bonchev–Trinajstić information content (AvgIpc) is 2.98. The molecule has 3 rings (SSSR count).